The van der Waals surface area contributed by atoms with E-state index in [4.69, 9.17) is 22.1 Å². The van der Waals surface area contributed by atoms with E-state index in [1.165, 1.54) is 0 Å². The predicted octanol–water partition coefficient (Wildman–Crippen LogP) is 2.82. The molecule has 0 aliphatic carbocycles. The Morgan fingerprint density at radius 2 is 2.33 bits per heavy atom. The summed E-state index contributed by atoms with van der Waals surface area (Å²) in [6.07, 6.45) is 3.54. The average molecular weight is 269 g/mol. The van der Waals surface area contributed by atoms with Crippen LogP contribution in [0.3, 0.4) is 0 Å². The van der Waals surface area contributed by atoms with Crippen LogP contribution in [-0.4, -0.2) is 18.6 Å². The number of amides is 1. The van der Waals surface area contributed by atoms with Gasteiger partial charge in [-0.2, -0.15) is 0 Å². The van der Waals surface area contributed by atoms with Crippen LogP contribution >= 0.6 is 11.6 Å². The van der Waals surface area contributed by atoms with Crippen molar-refractivity contribution in [2.24, 2.45) is 0 Å². The molecule has 1 saturated heterocycles. The molecule has 5 heteroatoms. The number of halogens is 1. The Balaban J connectivity index is 1.92. The van der Waals surface area contributed by atoms with Crippen LogP contribution in [-0.2, 0) is 9.53 Å². The van der Waals surface area contributed by atoms with E-state index in [-0.39, 0.29) is 12.0 Å². The number of nitrogens with two attached hydrogens (primary N) is 1. The zero-order valence-corrected chi connectivity index (χ0v) is 10.9. The van der Waals surface area contributed by atoms with Gasteiger partial charge in [-0.15, -0.1) is 0 Å². The molecule has 18 heavy (non-hydrogen) atoms. The summed E-state index contributed by atoms with van der Waals surface area (Å²) in [4.78, 5) is 11.9. The highest BCUT2D eigenvalue weighted by atomic mass is 35.5. The van der Waals surface area contributed by atoms with Gasteiger partial charge in [0.05, 0.1) is 23.9 Å². The van der Waals surface area contributed by atoms with E-state index in [9.17, 15) is 4.79 Å². The third-order valence-corrected chi connectivity index (χ3v) is 3.21. The minimum absolute atomic E-state index is 0.0270. The van der Waals surface area contributed by atoms with Crippen LogP contribution in [0.5, 0.6) is 0 Å². The highest BCUT2D eigenvalue weighted by molar-refractivity contribution is 6.31. The van der Waals surface area contributed by atoms with Gasteiger partial charge in [-0.05, 0) is 37.5 Å². The van der Waals surface area contributed by atoms with Crippen LogP contribution in [0.15, 0.2) is 18.2 Å². The number of rotatable bonds is 3. The van der Waals surface area contributed by atoms with Gasteiger partial charge in [0.25, 0.3) is 0 Å². The van der Waals surface area contributed by atoms with Crippen molar-refractivity contribution in [2.45, 2.75) is 31.8 Å². The molecular weight excluding hydrogens is 252 g/mol. The molecule has 0 spiro atoms. The molecule has 1 aliphatic heterocycles. The average Bonchev–Trinajstić information content (AvgIpc) is 2.35. The largest absolute Gasteiger partial charge is 0.397 e. The molecule has 2 rings (SSSR count). The second kappa shape index (κ2) is 6.07. The van der Waals surface area contributed by atoms with Gasteiger partial charge < -0.3 is 15.8 Å². The number of hydrogen-bond donors (Lipinski definition) is 2. The maximum atomic E-state index is 11.9. The summed E-state index contributed by atoms with van der Waals surface area (Å²) >= 11 is 5.86. The van der Waals surface area contributed by atoms with E-state index < -0.39 is 0 Å². The number of benzene rings is 1. The molecule has 0 aromatic heterocycles. The van der Waals surface area contributed by atoms with Crippen molar-refractivity contribution in [2.75, 3.05) is 17.7 Å². The van der Waals surface area contributed by atoms with E-state index in [0.29, 0.717) is 22.8 Å². The van der Waals surface area contributed by atoms with Gasteiger partial charge in [0.15, 0.2) is 0 Å². The minimum atomic E-state index is -0.0872. The summed E-state index contributed by atoms with van der Waals surface area (Å²) in [5, 5.41) is 3.32. The number of nitrogens with one attached hydrogen (secondary N) is 1. The Morgan fingerprint density at radius 1 is 1.50 bits per heavy atom. The van der Waals surface area contributed by atoms with Crippen molar-refractivity contribution in [3.63, 3.8) is 0 Å². The molecule has 1 aliphatic rings. The molecule has 4 nitrogen and oxygen atoms in total. The topological polar surface area (TPSA) is 64.3 Å². The molecule has 1 atom stereocenters. The highest BCUT2D eigenvalue weighted by Gasteiger charge is 2.18. The van der Waals surface area contributed by atoms with Crippen LogP contribution in [0, 0.1) is 0 Å². The summed E-state index contributed by atoms with van der Waals surface area (Å²) in [7, 11) is 0. The Labute approximate surface area is 111 Å². The molecule has 1 unspecified atom stereocenters. The number of anilines is 2. The van der Waals surface area contributed by atoms with Crippen LogP contribution in [0.1, 0.15) is 25.7 Å². The minimum Gasteiger partial charge on any atom is -0.397 e. The lowest BCUT2D eigenvalue weighted by atomic mass is 10.1. The zero-order chi connectivity index (χ0) is 13.0. The van der Waals surface area contributed by atoms with E-state index >= 15 is 0 Å². The Morgan fingerprint density at radius 3 is 3.06 bits per heavy atom. The fraction of sp³-hybridized carbons (Fsp3) is 0.462. The van der Waals surface area contributed by atoms with Gasteiger partial charge in [0.2, 0.25) is 5.91 Å². The SMILES string of the molecule is Nc1ccc(Cl)cc1NC(=O)CC1CCCCO1. The van der Waals surface area contributed by atoms with Crippen LogP contribution < -0.4 is 11.1 Å². The predicted molar refractivity (Wildman–Crippen MR) is 72.7 cm³/mol. The molecular formula is C13H17ClN2O2. The number of carbonyl (C=O) groups excluding carboxylic acids is 1. The third kappa shape index (κ3) is 3.62. The van der Waals surface area contributed by atoms with E-state index in [1.54, 1.807) is 18.2 Å². The molecule has 3 N–H and O–H groups in total. The second-order valence-electron chi connectivity index (χ2n) is 4.47. The van der Waals surface area contributed by atoms with Gasteiger partial charge in [-0.1, -0.05) is 11.6 Å². The Hall–Kier alpha value is -1.26. The maximum Gasteiger partial charge on any atom is 0.227 e. The fourth-order valence-electron chi connectivity index (χ4n) is 2.01. The van der Waals surface area contributed by atoms with Crippen LogP contribution in [0.4, 0.5) is 11.4 Å². The fourth-order valence-corrected chi connectivity index (χ4v) is 2.19. The summed E-state index contributed by atoms with van der Waals surface area (Å²) < 4.78 is 5.52. The number of hydrogen-bond acceptors (Lipinski definition) is 3. The standard InChI is InChI=1S/C13H17ClN2O2/c14-9-4-5-11(15)12(7-9)16-13(17)8-10-3-1-2-6-18-10/h4-5,7,10H,1-3,6,8,15H2,(H,16,17). The Bertz CT molecular complexity index is 431. The summed E-state index contributed by atoms with van der Waals surface area (Å²) in [5.74, 6) is -0.0872. The second-order valence-corrected chi connectivity index (χ2v) is 4.91. The van der Waals surface area contributed by atoms with E-state index in [0.717, 1.165) is 25.9 Å². The van der Waals surface area contributed by atoms with Gasteiger partial charge in [-0.3, -0.25) is 4.79 Å². The lowest BCUT2D eigenvalue weighted by molar-refractivity contribution is -0.119. The first-order chi connectivity index (χ1) is 8.65. The third-order valence-electron chi connectivity index (χ3n) is 2.98. The van der Waals surface area contributed by atoms with Crippen LogP contribution in [0.2, 0.25) is 5.02 Å². The van der Waals surface area contributed by atoms with Crippen molar-refractivity contribution in [1.29, 1.82) is 0 Å². The van der Waals surface area contributed by atoms with Crippen molar-refractivity contribution >= 4 is 28.9 Å². The Kier molecular flexibility index (Phi) is 4.44. The molecule has 1 aromatic rings. The van der Waals surface area contributed by atoms with Gasteiger partial charge in [0, 0.05) is 11.6 Å². The summed E-state index contributed by atoms with van der Waals surface area (Å²) in [6.45, 7) is 0.747. The number of nitrogen functional groups attached to an aromatic ring is 1. The summed E-state index contributed by atoms with van der Waals surface area (Å²) in [5.41, 5.74) is 6.84. The van der Waals surface area contributed by atoms with Gasteiger partial charge >= 0.3 is 0 Å². The number of ether oxygens (including phenoxy) is 1. The maximum absolute atomic E-state index is 11.9. The van der Waals surface area contributed by atoms with Crippen LogP contribution in [0.25, 0.3) is 0 Å². The van der Waals surface area contributed by atoms with E-state index in [1.807, 2.05) is 0 Å². The van der Waals surface area contributed by atoms with Crippen molar-refractivity contribution in [3.05, 3.63) is 23.2 Å². The summed E-state index contributed by atoms with van der Waals surface area (Å²) in [6, 6.07) is 5.02. The molecule has 98 valence electrons. The molecule has 1 aromatic carbocycles. The first-order valence-electron chi connectivity index (χ1n) is 6.11. The van der Waals surface area contributed by atoms with Crippen molar-refractivity contribution in [3.8, 4) is 0 Å². The molecule has 1 heterocycles. The molecule has 1 fully saturated rings. The van der Waals surface area contributed by atoms with Gasteiger partial charge in [-0.25, -0.2) is 0 Å². The zero-order valence-electron chi connectivity index (χ0n) is 10.1. The lowest BCUT2D eigenvalue weighted by Crippen LogP contribution is -2.25. The van der Waals surface area contributed by atoms with Gasteiger partial charge in [0.1, 0.15) is 0 Å². The lowest BCUT2D eigenvalue weighted by Gasteiger charge is -2.22. The smallest absolute Gasteiger partial charge is 0.227 e. The first-order valence-corrected chi connectivity index (χ1v) is 6.49. The number of carbonyl (C=O) groups is 1. The first kappa shape index (κ1) is 13.2. The molecule has 0 saturated carbocycles. The van der Waals surface area contributed by atoms with Crippen molar-refractivity contribution in [1.82, 2.24) is 0 Å². The van der Waals surface area contributed by atoms with Crippen molar-refractivity contribution < 1.29 is 9.53 Å². The molecule has 0 radical (unpaired) electrons. The normalized spacial score (nSPS) is 19.5. The van der Waals surface area contributed by atoms with E-state index in [2.05, 4.69) is 5.32 Å². The molecule has 1 amide bonds. The highest BCUT2D eigenvalue weighted by Crippen LogP contribution is 2.23. The quantitative estimate of drug-likeness (QED) is 0.829. The monoisotopic (exact) mass is 268 g/mol. The molecule has 0 bridgehead atoms.